The Morgan fingerprint density at radius 3 is 2.70 bits per heavy atom. The third kappa shape index (κ3) is 3.95. The first kappa shape index (κ1) is 20.2. The zero-order valence-corrected chi connectivity index (χ0v) is 18.5. The number of hydrogen-bond donors (Lipinski definition) is 0. The van der Waals surface area contributed by atoms with Gasteiger partial charge in [-0.1, -0.05) is 17.8 Å². The third-order valence-electron chi connectivity index (χ3n) is 5.87. The quantitative estimate of drug-likeness (QED) is 0.521. The van der Waals surface area contributed by atoms with Crippen molar-refractivity contribution in [3.63, 3.8) is 0 Å². The molecule has 0 saturated carbocycles. The van der Waals surface area contributed by atoms with E-state index in [1.165, 1.54) is 11.8 Å². The maximum atomic E-state index is 13.0. The number of rotatable bonds is 5. The van der Waals surface area contributed by atoms with Gasteiger partial charge in [0.05, 0.1) is 11.8 Å². The number of benzene rings is 2. The molecule has 3 aliphatic heterocycles. The van der Waals surface area contributed by atoms with Crippen LogP contribution in [0, 0.1) is 0 Å². The molecule has 3 aliphatic rings. The van der Waals surface area contributed by atoms with Crippen molar-refractivity contribution in [1.82, 2.24) is 15.1 Å². The average molecular weight is 468 g/mol. The van der Waals surface area contributed by atoms with Crippen LogP contribution in [0.4, 0.5) is 0 Å². The molecular formula is C23H21N3O6S. The summed E-state index contributed by atoms with van der Waals surface area (Å²) in [5.41, 5.74) is 1.81. The van der Waals surface area contributed by atoms with Crippen LogP contribution < -0.4 is 18.9 Å². The summed E-state index contributed by atoms with van der Waals surface area (Å²) in [5.74, 6) is 3.48. The van der Waals surface area contributed by atoms with Gasteiger partial charge in [0.1, 0.15) is 13.2 Å². The Kier molecular flexibility index (Phi) is 5.21. The number of nitrogens with zero attached hydrogens (tertiary/aromatic N) is 3. The van der Waals surface area contributed by atoms with E-state index < -0.39 is 0 Å². The number of carbonyl (C=O) groups is 1. The molecule has 33 heavy (non-hydrogen) atoms. The Morgan fingerprint density at radius 2 is 1.76 bits per heavy atom. The Labute approximate surface area is 194 Å². The lowest BCUT2D eigenvalue weighted by Gasteiger charge is -2.26. The van der Waals surface area contributed by atoms with E-state index in [4.69, 9.17) is 23.4 Å². The molecule has 1 unspecified atom stereocenters. The molecule has 1 aromatic heterocycles. The molecule has 3 aromatic rings. The first-order chi connectivity index (χ1) is 16.2. The number of fused-ring (bicyclic) bond motifs is 2. The summed E-state index contributed by atoms with van der Waals surface area (Å²) in [6.45, 7) is 2.03. The fraction of sp³-hybridized carbons (Fsp3) is 0.348. The van der Waals surface area contributed by atoms with Gasteiger partial charge >= 0.3 is 0 Å². The number of amides is 1. The standard InChI is InChI=1S/C23H21N3O6S/c27-21(26-7-1-2-16(26)14-3-5-17-19(10-14)29-9-8-28-17)12-33-23-25-24-22(32-23)15-4-6-18-20(11-15)31-13-30-18/h3-6,10-11,16H,1-2,7-9,12-13H2. The molecule has 1 atom stereocenters. The highest BCUT2D eigenvalue weighted by Crippen LogP contribution is 2.39. The summed E-state index contributed by atoms with van der Waals surface area (Å²) < 4.78 is 27.8. The van der Waals surface area contributed by atoms with Crippen molar-refractivity contribution in [2.45, 2.75) is 24.1 Å². The largest absolute Gasteiger partial charge is 0.486 e. The SMILES string of the molecule is O=C(CSc1nnc(-c2ccc3c(c2)OCO3)o1)N1CCCC1c1ccc2c(c1)OCCO2. The van der Waals surface area contributed by atoms with Gasteiger partial charge in [-0.25, -0.2) is 0 Å². The average Bonchev–Trinajstić information content (AvgIpc) is 3.62. The van der Waals surface area contributed by atoms with E-state index in [2.05, 4.69) is 10.2 Å². The van der Waals surface area contributed by atoms with Crippen LogP contribution >= 0.6 is 11.8 Å². The molecule has 170 valence electrons. The zero-order chi connectivity index (χ0) is 22.2. The van der Waals surface area contributed by atoms with E-state index in [1.807, 2.05) is 35.2 Å². The topological polar surface area (TPSA) is 96.2 Å². The third-order valence-corrected chi connectivity index (χ3v) is 6.67. The fourth-order valence-corrected chi connectivity index (χ4v) is 4.95. The van der Waals surface area contributed by atoms with Gasteiger partial charge in [0.25, 0.3) is 5.22 Å². The maximum Gasteiger partial charge on any atom is 0.277 e. The lowest BCUT2D eigenvalue weighted by molar-refractivity contribution is -0.129. The minimum Gasteiger partial charge on any atom is -0.486 e. The van der Waals surface area contributed by atoms with E-state index in [0.717, 1.165) is 42.0 Å². The van der Waals surface area contributed by atoms with Crippen molar-refractivity contribution in [3.05, 3.63) is 42.0 Å². The number of likely N-dealkylation sites (tertiary alicyclic amines) is 1. The predicted molar refractivity (Wildman–Crippen MR) is 118 cm³/mol. The van der Waals surface area contributed by atoms with Crippen molar-refractivity contribution in [2.24, 2.45) is 0 Å². The lowest BCUT2D eigenvalue weighted by atomic mass is 10.0. The molecule has 2 aromatic carbocycles. The number of ether oxygens (including phenoxy) is 4. The smallest absolute Gasteiger partial charge is 0.277 e. The first-order valence-corrected chi connectivity index (χ1v) is 11.8. The number of carbonyl (C=O) groups excluding carboxylic acids is 1. The maximum absolute atomic E-state index is 13.0. The zero-order valence-electron chi connectivity index (χ0n) is 17.7. The monoisotopic (exact) mass is 467 g/mol. The van der Waals surface area contributed by atoms with Crippen LogP contribution in [0.2, 0.25) is 0 Å². The summed E-state index contributed by atoms with van der Waals surface area (Å²) in [5, 5.41) is 8.54. The van der Waals surface area contributed by atoms with Crippen molar-refractivity contribution in [3.8, 4) is 34.5 Å². The molecule has 9 nitrogen and oxygen atoms in total. The van der Waals surface area contributed by atoms with Gasteiger partial charge in [0.2, 0.25) is 18.6 Å². The van der Waals surface area contributed by atoms with Crippen LogP contribution in [0.1, 0.15) is 24.4 Å². The molecule has 1 fully saturated rings. The molecule has 10 heteroatoms. The van der Waals surface area contributed by atoms with Crippen LogP contribution in [0.5, 0.6) is 23.0 Å². The minimum atomic E-state index is 0.0285. The highest BCUT2D eigenvalue weighted by atomic mass is 32.2. The molecule has 0 radical (unpaired) electrons. The highest BCUT2D eigenvalue weighted by Gasteiger charge is 2.31. The predicted octanol–water partition coefficient (Wildman–Crippen LogP) is 3.69. The van der Waals surface area contributed by atoms with Crippen LogP contribution in [0.25, 0.3) is 11.5 Å². The van der Waals surface area contributed by atoms with Crippen LogP contribution in [-0.4, -0.2) is 53.3 Å². The van der Waals surface area contributed by atoms with Crippen LogP contribution in [0.3, 0.4) is 0 Å². The fourth-order valence-electron chi connectivity index (χ4n) is 4.30. The number of hydrogen-bond acceptors (Lipinski definition) is 9. The number of aromatic nitrogens is 2. The first-order valence-electron chi connectivity index (χ1n) is 10.8. The summed E-state index contributed by atoms with van der Waals surface area (Å²) in [6, 6.07) is 11.4. The molecule has 1 saturated heterocycles. The summed E-state index contributed by atoms with van der Waals surface area (Å²) in [4.78, 5) is 14.9. The van der Waals surface area contributed by atoms with Gasteiger partial charge < -0.3 is 28.3 Å². The van der Waals surface area contributed by atoms with Gasteiger partial charge in [0, 0.05) is 12.1 Å². The van der Waals surface area contributed by atoms with Gasteiger partial charge in [-0.15, -0.1) is 10.2 Å². The van der Waals surface area contributed by atoms with E-state index in [9.17, 15) is 4.79 Å². The Morgan fingerprint density at radius 1 is 0.970 bits per heavy atom. The van der Waals surface area contributed by atoms with E-state index in [1.54, 1.807) is 6.07 Å². The second-order valence-electron chi connectivity index (χ2n) is 7.88. The van der Waals surface area contributed by atoms with E-state index >= 15 is 0 Å². The Balaban J connectivity index is 1.11. The molecule has 1 amide bonds. The van der Waals surface area contributed by atoms with Gasteiger partial charge in [-0.2, -0.15) is 0 Å². The molecular weight excluding hydrogens is 446 g/mol. The normalized spacial score (nSPS) is 18.5. The molecule has 0 aliphatic carbocycles. The Hall–Kier alpha value is -3.40. The van der Waals surface area contributed by atoms with Crippen molar-refractivity contribution in [1.29, 1.82) is 0 Å². The lowest BCUT2D eigenvalue weighted by Crippen LogP contribution is -2.32. The summed E-state index contributed by atoms with van der Waals surface area (Å²) in [6.07, 6.45) is 1.88. The van der Waals surface area contributed by atoms with E-state index in [-0.39, 0.29) is 24.5 Å². The molecule has 0 spiro atoms. The molecule has 0 bridgehead atoms. The van der Waals surface area contributed by atoms with Gasteiger partial charge in [0.15, 0.2) is 23.0 Å². The van der Waals surface area contributed by atoms with Crippen molar-refractivity contribution >= 4 is 17.7 Å². The van der Waals surface area contributed by atoms with Crippen molar-refractivity contribution in [2.75, 3.05) is 32.3 Å². The second-order valence-corrected chi connectivity index (χ2v) is 8.80. The number of thioether (sulfide) groups is 1. The molecule has 6 rings (SSSR count). The van der Waals surface area contributed by atoms with Crippen LogP contribution in [-0.2, 0) is 4.79 Å². The van der Waals surface area contributed by atoms with E-state index in [0.29, 0.717) is 35.8 Å². The second kappa shape index (κ2) is 8.51. The van der Waals surface area contributed by atoms with Crippen molar-refractivity contribution < 1.29 is 28.2 Å². The molecule has 4 heterocycles. The Bertz CT molecular complexity index is 1200. The molecule has 0 N–H and O–H groups in total. The van der Waals surface area contributed by atoms with Gasteiger partial charge in [-0.3, -0.25) is 4.79 Å². The summed E-state index contributed by atoms with van der Waals surface area (Å²) >= 11 is 1.24. The highest BCUT2D eigenvalue weighted by molar-refractivity contribution is 7.99. The summed E-state index contributed by atoms with van der Waals surface area (Å²) in [7, 11) is 0. The van der Waals surface area contributed by atoms with Gasteiger partial charge in [-0.05, 0) is 48.7 Å². The minimum absolute atomic E-state index is 0.0285. The van der Waals surface area contributed by atoms with Crippen LogP contribution in [0.15, 0.2) is 46.0 Å².